The van der Waals surface area contributed by atoms with Crippen molar-refractivity contribution in [2.24, 2.45) is 0 Å². The van der Waals surface area contributed by atoms with Crippen molar-refractivity contribution in [3.63, 3.8) is 0 Å². The van der Waals surface area contributed by atoms with E-state index in [0.717, 1.165) is 10.0 Å². The fraction of sp³-hybridized carbons (Fsp3) is 0.188. The van der Waals surface area contributed by atoms with Crippen molar-refractivity contribution in [1.29, 1.82) is 0 Å². The molecule has 0 aliphatic heterocycles. The maximum absolute atomic E-state index is 11.4. The van der Waals surface area contributed by atoms with Gasteiger partial charge in [-0.1, -0.05) is 34.1 Å². The van der Waals surface area contributed by atoms with Crippen LogP contribution in [-0.2, 0) is 11.3 Å². The fourth-order valence-corrected chi connectivity index (χ4v) is 1.96. The third kappa shape index (κ3) is 5.11. The van der Waals surface area contributed by atoms with Crippen LogP contribution in [0.5, 0.6) is 5.75 Å². The zero-order valence-electron chi connectivity index (χ0n) is 11.6. The molecule has 2 rings (SSSR count). The normalized spacial score (nSPS) is 10.0. The quantitative estimate of drug-likeness (QED) is 0.858. The van der Waals surface area contributed by atoms with Crippen LogP contribution < -0.4 is 10.1 Å². The third-order valence-corrected chi connectivity index (χ3v) is 3.20. The van der Waals surface area contributed by atoms with Crippen LogP contribution in [0.15, 0.2) is 53.0 Å². The molecule has 0 atom stereocenters. The van der Waals surface area contributed by atoms with Gasteiger partial charge in [0, 0.05) is 16.2 Å². The predicted octanol–water partition coefficient (Wildman–Crippen LogP) is 4.60. The van der Waals surface area contributed by atoms with E-state index >= 15 is 0 Å². The van der Waals surface area contributed by atoms with E-state index in [9.17, 15) is 4.79 Å². The number of halogens is 1. The van der Waals surface area contributed by atoms with Gasteiger partial charge in [-0.15, -0.1) is 0 Å². The summed E-state index contributed by atoms with van der Waals surface area (Å²) in [5.74, 6) is 0.687. The van der Waals surface area contributed by atoms with Crippen molar-refractivity contribution in [1.82, 2.24) is 0 Å². The van der Waals surface area contributed by atoms with Gasteiger partial charge in [0.25, 0.3) is 0 Å². The lowest BCUT2D eigenvalue weighted by Crippen LogP contribution is -2.13. The summed E-state index contributed by atoms with van der Waals surface area (Å²) in [4.78, 5) is 11.4. The molecule has 0 bridgehead atoms. The molecule has 5 heteroatoms. The van der Waals surface area contributed by atoms with E-state index in [0.29, 0.717) is 24.7 Å². The van der Waals surface area contributed by atoms with E-state index in [1.54, 1.807) is 19.1 Å². The first-order chi connectivity index (χ1) is 10.2. The summed E-state index contributed by atoms with van der Waals surface area (Å²) >= 11 is 3.39. The standard InChI is InChI=1S/C16H16BrNO3/c1-2-20-16(19)18-14-4-3-5-15(10-14)21-11-12-6-8-13(17)9-7-12/h3-10H,2,11H2,1H3,(H,18,19). The minimum Gasteiger partial charge on any atom is -0.489 e. The van der Waals surface area contributed by atoms with Crippen molar-refractivity contribution in [3.05, 3.63) is 58.6 Å². The second kappa shape index (κ2) is 7.69. The molecule has 0 heterocycles. The summed E-state index contributed by atoms with van der Waals surface area (Å²) < 4.78 is 11.6. The molecule has 21 heavy (non-hydrogen) atoms. The zero-order valence-corrected chi connectivity index (χ0v) is 13.2. The maximum atomic E-state index is 11.4. The fourth-order valence-electron chi connectivity index (χ4n) is 1.70. The lowest BCUT2D eigenvalue weighted by Gasteiger charge is -2.09. The molecule has 0 spiro atoms. The highest BCUT2D eigenvalue weighted by molar-refractivity contribution is 9.10. The second-order valence-electron chi connectivity index (χ2n) is 4.29. The molecule has 1 N–H and O–H groups in total. The molecular formula is C16H16BrNO3. The molecular weight excluding hydrogens is 334 g/mol. The number of nitrogens with one attached hydrogen (secondary N) is 1. The van der Waals surface area contributed by atoms with Crippen molar-refractivity contribution in [3.8, 4) is 5.75 Å². The predicted molar refractivity (Wildman–Crippen MR) is 85.6 cm³/mol. The van der Waals surface area contributed by atoms with Gasteiger partial charge in [-0.25, -0.2) is 4.79 Å². The molecule has 0 aromatic heterocycles. The monoisotopic (exact) mass is 349 g/mol. The van der Waals surface area contributed by atoms with Gasteiger partial charge in [0.15, 0.2) is 0 Å². The molecule has 110 valence electrons. The summed E-state index contributed by atoms with van der Waals surface area (Å²) in [5.41, 5.74) is 1.71. The van der Waals surface area contributed by atoms with Crippen molar-refractivity contribution >= 4 is 27.7 Å². The van der Waals surface area contributed by atoms with Gasteiger partial charge < -0.3 is 9.47 Å². The minimum atomic E-state index is -0.470. The highest BCUT2D eigenvalue weighted by atomic mass is 79.9. The van der Waals surface area contributed by atoms with Crippen LogP contribution in [0.25, 0.3) is 0 Å². The topological polar surface area (TPSA) is 47.6 Å². The molecule has 0 fully saturated rings. The van der Waals surface area contributed by atoms with Gasteiger partial charge in [0.05, 0.1) is 6.61 Å². The van der Waals surface area contributed by atoms with E-state index in [1.165, 1.54) is 0 Å². The lowest BCUT2D eigenvalue weighted by atomic mass is 10.2. The van der Waals surface area contributed by atoms with Crippen LogP contribution in [0.2, 0.25) is 0 Å². The Morgan fingerprint density at radius 2 is 1.95 bits per heavy atom. The van der Waals surface area contributed by atoms with Crippen LogP contribution in [-0.4, -0.2) is 12.7 Å². The van der Waals surface area contributed by atoms with Crippen LogP contribution in [0.4, 0.5) is 10.5 Å². The summed E-state index contributed by atoms with van der Waals surface area (Å²) in [5, 5.41) is 2.64. The number of benzene rings is 2. The Morgan fingerprint density at radius 3 is 2.67 bits per heavy atom. The average molecular weight is 350 g/mol. The third-order valence-electron chi connectivity index (χ3n) is 2.67. The van der Waals surface area contributed by atoms with Crippen LogP contribution >= 0.6 is 15.9 Å². The Bertz CT molecular complexity index is 599. The summed E-state index contributed by atoms with van der Waals surface area (Å²) in [7, 11) is 0. The van der Waals surface area contributed by atoms with Gasteiger partial charge in [0.1, 0.15) is 12.4 Å². The second-order valence-corrected chi connectivity index (χ2v) is 5.20. The Labute approximate surface area is 132 Å². The van der Waals surface area contributed by atoms with Gasteiger partial charge in [-0.2, -0.15) is 0 Å². The maximum Gasteiger partial charge on any atom is 0.411 e. The minimum absolute atomic E-state index is 0.339. The van der Waals surface area contributed by atoms with Gasteiger partial charge in [-0.3, -0.25) is 5.32 Å². The van der Waals surface area contributed by atoms with Gasteiger partial charge in [-0.05, 0) is 36.8 Å². The SMILES string of the molecule is CCOC(=O)Nc1cccc(OCc2ccc(Br)cc2)c1. The Hall–Kier alpha value is -2.01. The molecule has 0 radical (unpaired) electrons. The van der Waals surface area contributed by atoms with Crippen LogP contribution in [0, 0.1) is 0 Å². The van der Waals surface area contributed by atoms with E-state index in [4.69, 9.17) is 9.47 Å². The van der Waals surface area contributed by atoms with Crippen molar-refractivity contribution < 1.29 is 14.3 Å². The Kier molecular flexibility index (Phi) is 5.63. The van der Waals surface area contributed by atoms with Crippen LogP contribution in [0.1, 0.15) is 12.5 Å². The molecule has 2 aromatic carbocycles. The number of hydrogen-bond acceptors (Lipinski definition) is 3. The molecule has 0 saturated carbocycles. The average Bonchev–Trinajstić information content (AvgIpc) is 2.47. The highest BCUT2D eigenvalue weighted by Crippen LogP contribution is 2.19. The largest absolute Gasteiger partial charge is 0.489 e. The molecule has 0 saturated heterocycles. The zero-order chi connectivity index (χ0) is 15.1. The number of rotatable bonds is 5. The van der Waals surface area contributed by atoms with Crippen molar-refractivity contribution in [2.75, 3.05) is 11.9 Å². The molecule has 2 aromatic rings. The molecule has 1 amide bonds. The van der Waals surface area contributed by atoms with Gasteiger partial charge in [0.2, 0.25) is 0 Å². The first-order valence-corrected chi connectivity index (χ1v) is 7.38. The number of carbonyl (C=O) groups is 1. The number of ether oxygens (including phenoxy) is 2. The first kappa shape index (κ1) is 15.4. The summed E-state index contributed by atoms with van der Waals surface area (Å²) in [6.45, 7) is 2.57. The smallest absolute Gasteiger partial charge is 0.411 e. The number of amides is 1. The highest BCUT2D eigenvalue weighted by Gasteiger charge is 2.03. The molecule has 4 nitrogen and oxygen atoms in total. The number of hydrogen-bond donors (Lipinski definition) is 1. The van der Waals surface area contributed by atoms with Crippen LogP contribution in [0.3, 0.4) is 0 Å². The van der Waals surface area contributed by atoms with Crippen molar-refractivity contribution in [2.45, 2.75) is 13.5 Å². The Balaban J connectivity index is 1.94. The van der Waals surface area contributed by atoms with E-state index in [-0.39, 0.29) is 0 Å². The number of carbonyl (C=O) groups excluding carboxylic acids is 1. The lowest BCUT2D eigenvalue weighted by molar-refractivity contribution is 0.168. The first-order valence-electron chi connectivity index (χ1n) is 6.58. The van der Waals surface area contributed by atoms with E-state index in [1.807, 2.05) is 36.4 Å². The molecule has 0 unspecified atom stereocenters. The van der Waals surface area contributed by atoms with Gasteiger partial charge >= 0.3 is 6.09 Å². The summed E-state index contributed by atoms with van der Waals surface area (Å²) in [6, 6.07) is 15.1. The molecule has 0 aliphatic carbocycles. The summed E-state index contributed by atoms with van der Waals surface area (Å²) in [6.07, 6.45) is -0.470. The Morgan fingerprint density at radius 1 is 1.19 bits per heavy atom. The van der Waals surface area contributed by atoms with E-state index in [2.05, 4.69) is 21.2 Å². The number of anilines is 1. The van der Waals surface area contributed by atoms with E-state index < -0.39 is 6.09 Å². The molecule has 0 aliphatic rings.